The van der Waals surface area contributed by atoms with Gasteiger partial charge in [-0.25, -0.2) is 0 Å². The van der Waals surface area contributed by atoms with Crippen LogP contribution in [-0.2, 0) is 13.1 Å². The lowest BCUT2D eigenvalue weighted by Gasteiger charge is -2.12. The normalized spacial score (nSPS) is 11.2. The predicted octanol–water partition coefficient (Wildman–Crippen LogP) is 3.84. The summed E-state index contributed by atoms with van der Waals surface area (Å²) in [4.78, 5) is 0. The molecule has 0 radical (unpaired) electrons. The number of hydrogen-bond donors (Lipinski definition) is 1. The van der Waals surface area contributed by atoms with E-state index in [0.29, 0.717) is 6.04 Å². The summed E-state index contributed by atoms with van der Waals surface area (Å²) in [5.74, 6) is 0. The Hall–Kier alpha value is -1.61. The van der Waals surface area contributed by atoms with Crippen molar-refractivity contribution in [2.75, 3.05) is 0 Å². The molecule has 0 fully saturated rings. The summed E-state index contributed by atoms with van der Waals surface area (Å²) >= 11 is 0. The summed E-state index contributed by atoms with van der Waals surface area (Å²) < 4.78 is 2.10. The molecule has 2 aromatic rings. The zero-order valence-corrected chi connectivity index (χ0v) is 12.8. The zero-order chi connectivity index (χ0) is 14.4. The fourth-order valence-electron chi connectivity index (χ4n) is 2.47. The van der Waals surface area contributed by atoms with Crippen molar-refractivity contribution in [2.24, 2.45) is 0 Å². The minimum Gasteiger partial charge on any atom is -0.307 e. The van der Waals surface area contributed by atoms with Gasteiger partial charge in [0.25, 0.3) is 0 Å². The minimum atomic E-state index is 0.528. The summed E-state index contributed by atoms with van der Waals surface area (Å²) in [6, 6.07) is 11.1. The Morgan fingerprint density at radius 1 is 1.10 bits per heavy atom. The molecule has 0 amide bonds. The number of nitrogens with one attached hydrogen (secondary N) is 1. The molecule has 0 saturated carbocycles. The van der Waals surface area contributed by atoms with Crippen molar-refractivity contribution in [3.63, 3.8) is 0 Å². The minimum absolute atomic E-state index is 0.528. The van der Waals surface area contributed by atoms with Crippen molar-refractivity contribution < 1.29 is 0 Å². The first-order valence-electron chi connectivity index (χ1n) is 7.53. The number of hydrogen-bond acceptors (Lipinski definition) is 2. The Kier molecular flexibility index (Phi) is 5.36. The van der Waals surface area contributed by atoms with Gasteiger partial charge in [-0.2, -0.15) is 5.10 Å². The van der Waals surface area contributed by atoms with Crippen molar-refractivity contribution >= 4 is 0 Å². The second-order valence-corrected chi connectivity index (χ2v) is 5.29. The van der Waals surface area contributed by atoms with Crippen LogP contribution in [0.15, 0.2) is 36.5 Å². The summed E-state index contributed by atoms with van der Waals surface area (Å²) in [5.41, 5.74) is 3.81. The molecule has 1 aromatic heterocycles. The summed E-state index contributed by atoms with van der Waals surface area (Å²) in [5, 5.41) is 8.13. The van der Waals surface area contributed by atoms with Crippen LogP contribution >= 0.6 is 0 Å². The standard InChI is InChI=1S/C17H25N3/c1-4-17(5-2)20-11-10-16(19-20)13-18-12-15-9-7-6-8-14(15)3/h6-11,17-18H,4-5,12-13H2,1-3H3. The van der Waals surface area contributed by atoms with E-state index in [-0.39, 0.29) is 0 Å². The van der Waals surface area contributed by atoms with E-state index < -0.39 is 0 Å². The maximum atomic E-state index is 4.66. The molecule has 1 N–H and O–H groups in total. The molecule has 1 aromatic carbocycles. The van der Waals surface area contributed by atoms with E-state index in [1.807, 2.05) is 0 Å². The molecule has 0 aliphatic heterocycles. The topological polar surface area (TPSA) is 29.9 Å². The number of nitrogens with zero attached hydrogens (tertiary/aromatic N) is 2. The molecular formula is C17H25N3. The Labute approximate surface area is 122 Å². The molecule has 2 rings (SSSR count). The second kappa shape index (κ2) is 7.25. The zero-order valence-electron chi connectivity index (χ0n) is 12.8. The number of rotatable bonds is 7. The lowest BCUT2D eigenvalue weighted by atomic mass is 10.1. The fourth-order valence-corrected chi connectivity index (χ4v) is 2.47. The van der Waals surface area contributed by atoms with Gasteiger partial charge in [0.05, 0.1) is 11.7 Å². The largest absolute Gasteiger partial charge is 0.307 e. The summed E-state index contributed by atoms with van der Waals surface area (Å²) in [6.45, 7) is 8.29. The SMILES string of the molecule is CCC(CC)n1ccc(CNCc2ccccc2C)n1. The van der Waals surface area contributed by atoms with Gasteiger partial charge in [0.15, 0.2) is 0 Å². The van der Waals surface area contributed by atoms with Gasteiger partial charge in [-0.05, 0) is 37.0 Å². The molecule has 0 spiro atoms. The van der Waals surface area contributed by atoms with Gasteiger partial charge >= 0.3 is 0 Å². The number of benzene rings is 1. The van der Waals surface area contributed by atoms with Crippen molar-refractivity contribution in [1.82, 2.24) is 15.1 Å². The quantitative estimate of drug-likeness (QED) is 0.829. The van der Waals surface area contributed by atoms with E-state index in [2.05, 4.69) is 72.4 Å². The van der Waals surface area contributed by atoms with Crippen LogP contribution < -0.4 is 5.32 Å². The van der Waals surface area contributed by atoms with Crippen molar-refractivity contribution in [1.29, 1.82) is 0 Å². The van der Waals surface area contributed by atoms with Crippen LogP contribution in [0.1, 0.15) is 49.6 Å². The van der Waals surface area contributed by atoms with Gasteiger partial charge in [0.1, 0.15) is 0 Å². The second-order valence-electron chi connectivity index (χ2n) is 5.29. The van der Waals surface area contributed by atoms with E-state index in [1.54, 1.807) is 0 Å². The van der Waals surface area contributed by atoms with E-state index in [0.717, 1.165) is 31.6 Å². The van der Waals surface area contributed by atoms with E-state index in [1.165, 1.54) is 11.1 Å². The van der Waals surface area contributed by atoms with Gasteiger partial charge < -0.3 is 5.32 Å². The Balaban J connectivity index is 1.87. The molecule has 0 saturated heterocycles. The van der Waals surface area contributed by atoms with E-state index in [4.69, 9.17) is 0 Å². The van der Waals surface area contributed by atoms with Crippen LogP contribution in [0.4, 0.5) is 0 Å². The molecule has 3 nitrogen and oxygen atoms in total. The van der Waals surface area contributed by atoms with Crippen LogP contribution in [0.5, 0.6) is 0 Å². The molecule has 3 heteroatoms. The number of aromatic nitrogens is 2. The third-order valence-electron chi connectivity index (χ3n) is 3.86. The highest BCUT2D eigenvalue weighted by Gasteiger charge is 2.07. The molecule has 0 unspecified atom stereocenters. The van der Waals surface area contributed by atoms with Gasteiger partial charge in [0.2, 0.25) is 0 Å². The first kappa shape index (κ1) is 14.8. The smallest absolute Gasteiger partial charge is 0.0762 e. The molecular weight excluding hydrogens is 246 g/mol. The molecule has 0 atom stereocenters. The Morgan fingerprint density at radius 3 is 2.55 bits per heavy atom. The van der Waals surface area contributed by atoms with Crippen LogP contribution in [0.3, 0.4) is 0 Å². The monoisotopic (exact) mass is 271 g/mol. The van der Waals surface area contributed by atoms with Gasteiger partial charge in [0, 0.05) is 19.3 Å². The van der Waals surface area contributed by atoms with Gasteiger partial charge in [-0.15, -0.1) is 0 Å². The highest BCUT2D eigenvalue weighted by Crippen LogP contribution is 2.14. The first-order chi connectivity index (χ1) is 9.74. The molecule has 0 aliphatic rings. The Morgan fingerprint density at radius 2 is 1.85 bits per heavy atom. The lowest BCUT2D eigenvalue weighted by Crippen LogP contribution is -2.15. The van der Waals surface area contributed by atoms with Gasteiger partial charge in [-0.3, -0.25) is 4.68 Å². The van der Waals surface area contributed by atoms with Crippen LogP contribution in [0.2, 0.25) is 0 Å². The van der Waals surface area contributed by atoms with E-state index in [9.17, 15) is 0 Å². The molecule has 1 heterocycles. The van der Waals surface area contributed by atoms with Gasteiger partial charge in [-0.1, -0.05) is 38.1 Å². The highest BCUT2D eigenvalue weighted by atomic mass is 15.3. The van der Waals surface area contributed by atoms with E-state index >= 15 is 0 Å². The van der Waals surface area contributed by atoms with Crippen LogP contribution in [0, 0.1) is 6.92 Å². The summed E-state index contributed by atoms with van der Waals surface area (Å²) in [6.07, 6.45) is 4.37. The average molecular weight is 271 g/mol. The molecule has 20 heavy (non-hydrogen) atoms. The maximum Gasteiger partial charge on any atom is 0.0762 e. The molecule has 108 valence electrons. The predicted molar refractivity (Wildman–Crippen MR) is 83.6 cm³/mol. The van der Waals surface area contributed by atoms with Crippen molar-refractivity contribution in [3.05, 3.63) is 53.3 Å². The molecule has 0 aliphatic carbocycles. The average Bonchev–Trinajstić information content (AvgIpc) is 2.91. The van der Waals surface area contributed by atoms with Crippen LogP contribution in [0.25, 0.3) is 0 Å². The third kappa shape index (κ3) is 3.70. The highest BCUT2D eigenvalue weighted by molar-refractivity contribution is 5.25. The first-order valence-corrected chi connectivity index (χ1v) is 7.53. The summed E-state index contributed by atoms with van der Waals surface area (Å²) in [7, 11) is 0. The van der Waals surface area contributed by atoms with Crippen LogP contribution in [-0.4, -0.2) is 9.78 Å². The third-order valence-corrected chi connectivity index (χ3v) is 3.86. The maximum absolute atomic E-state index is 4.66. The van der Waals surface area contributed by atoms with Crippen molar-refractivity contribution in [3.8, 4) is 0 Å². The van der Waals surface area contributed by atoms with Crippen molar-refractivity contribution in [2.45, 2.75) is 52.7 Å². The number of aryl methyl sites for hydroxylation is 1. The Bertz CT molecular complexity index is 527. The molecule has 0 bridgehead atoms. The fraction of sp³-hybridized carbons (Fsp3) is 0.471. The lowest BCUT2D eigenvalue weighted by molar-refractivity contribution is 0.424.